The Bertz CT molecular complexity index is 1620. The normalized spacial score (nSPS) is 26.7. The van der Waals surface area contributed by atoms with Crippen LogP contribution in [0.25, 0.3) is 0 Å². The molecule has 2 heterocycles. The summed E-state index contributed by atoms with van der Waals surface area (Å²) in [6.07, 6.45) is 1.30. The van der Waals surface area contributed by atoms with Crippen LogP contribution in [0, 0.1) is 5.92 Å². The summed E-state index contributed by atoms with van der Waals surface area (Å²) >= 11 is 0. The Labute approximate surface area is 318 Å². The van der Waals surface area contributed by atoms with Gasteiger partial charge in [0.1, 0.15) is 30.2 Å². The summed E-state index contributed by atoms with van der Waals surface area (Å²) in [6, 6.07) is 10.7. The highest BCUT2D eigenvalue weighted by atomic mass is 16.3. The zero-order valence-corrected chi connectivity index (χ0v) is 32.2. The number of nitrogens with one attached hydrogen (secondary N) is 6. The summed E-state index contributed by atoms with van der Waals surface area (Å²) in [5, 5.41) is 27.2. The first-order chi connectivity index (χ1) is 25.6. The van der Waals surface area contributed by atoms with Gasteiger partial charge in [0.25, 0.3) is 0 Å². The minimum Gasteiger partial charge on any atom is -0.394 e. The summed E-state index contributed by atoms with van der Waals surface area (Å²) in [4.78, 5) is 85.7. The van der Waals surface area contributed by atoms with Gasteiger partial charge in [-0.15, -0.1) is 0 Å². The molecular formula is C40H57N7O7. The van der Waals surface area contributed by atoms with Crippen LogP contribution in [-0.2, 0) is 41.6 Å². The van der Waals surface area contributed by atoms with Crippen LogP contribution in [0.3, 0.4) is 0 Å². The third kappa shape index (κ3) is 11.8. The van der Waals surface area contributed by atoms with Crippen LogP contribution in [0.1, 0.15) is 71.9 Å². The number of amides is 6. The smallest absolute Gasteiger partial charge is 0.245 e. The van der Waals surface area contributed by atoms with Gasteiger partial charge in [0, 0.05) is 18.4 Å². The summed E-state index contributed by atoms with van der Waals surface area (Å²) < 4.78 is 0. The molecule has 0 unspecified atom stereocenters. The second kappa shape index (κ2) is 19.0. The van der Waals surface area contributed by atoms with E-state index >= 15 is 0 Å². The lowest BCUT2D eigenvalue weighted by atomic mass is 9.99. The number of benzene rings is 2. The Morgan fingerprint density at radius 2 is 1.20 bits per heavy atom. The van der Waals surface area contributed by atoms with E-state index in [1.807, 2.05) is 95.3 Å². The Balaban J connectivity index is 1.80. The lowest BCUT2D eigenvalue weighted by molar-refractivity contribution is -0.138. The van der Waals surface area contributed by atoms with Gasteiger partial charge >= 0.3 is 0 Å². The minimum absolute atomic E-state index is 0.0633. The van der Waals surface area contributed by atoms with Gasteiger partial charge in [-0.3, -0.25) is 33.7 Å². The van der Waals surface area contributed by atoms with Crippen molar-refractivity contribution in [3.63, 3.8) is 0 Å². The summed E-state index contributed by atoms with van der Waals surface area (Å²) in [5.41, 5.74) is 0.879. The highest BCUT2D eigenvalue weighted by Gasteiger charge is 2.44. The lowest BCUT2D eigenvalue weighted by Crippen LogP contribution is -2.65. The fourth-order valence-electron chi connectivity index (χ4n) is 7.02. The lowest BCUT2D eigenvalue weighted by Gasteiger charge is -2.38. The van der Waals surface area contributed by atoms with Gasteiger partial charge in [0.05, 0.1) is 18.7 Å². The maximum absolute atomic E-state index is 14.3. The van der Waals surface area contributed by atoms with E-state index < -0.39 is 89.9 Å². The molecule has 2 saturated heterocycles. The number of aliphatic hydroxyl groups excluding tert-OH is 1. The number of aliphatic hydroxyl groups is 1. The number of carbonyl (C=O) groups is 6. The number of hydrogen-bond donors (Lipinski definition) is 7. The summed E-state index contributed by atoms with van der Waals surface area (Å²) in [5.74, 6) is -3.62. The number of rotatable bonds is 8. The fourth-order valence-corrected chi connectivity index (χ4v) is 7.02. The molecule has 7 atom stereocenters. The highest BCUT2D eigenvalue weighted by molar-refractivity contribution is 5.96. The molecule has 2 fully saturated rings. The Hall–Kier alpha value is -4.82. The van der Waals surface area contributed by atoms with Crippen LogP contribution in [0.4, 0.5) is 0 Å². The van der Waals surface area contributed by atoms with Crippen LogP contribution < -0.4 is 31.9 Å². The average Bonchev–Trinajstić information content (AvgIpc) is 3.58. The first-order valence-corrected chi connectivity index (χ1v) is 18.8. The van der Waals surface area contributed by atoms with E-state index in [0.717, 1.165) is 11.1 Å². The molecule has 0 aromatic heterocycles. The quantitative estimate of drug-likeness (QED) is 0.205. The van der Waals surface area contributed by atoms with Crippen LogP contribution in [-0.4, -0.2) is 106 Å². The molecule has 2 aromatic carbocycles. The molecule has 2 aliphatic heterocycles. The molecule has 0 radical (unpaired) electrons. The SMILES string of the molecule is CC(C)C[C@H]1NC(=O)[C@H](CO)NC(=O)[C@@H]2CCCN2[C@H](C(=O)NC(C)(C)C)[C@H](C)NC(=O)[C@H](Cc2ccccc2)NC(=O)[C@H](Cc2ccccc2)NC1=O. The van der Waals surface area contributed by atoms with Crippen molar-refractivity contribution in [1.82, 2.24) is 36.8 Å². The highest BCUT2D eigenvalue weighted by Crippen LogP contribution is 2.24. The summed E-state index contributed by atoms with van der Waals surface area (Å²) in [6.45, 7) is 10.5. The van der Waals surface area contributed by atoms with Gasteiger partial charge in [-0.25, -0.2) is 0 Å². The van der Waals surface area contributed by atoms with Crippen molar-refractivity contribution in [2.45, 2.75) is 121 Å². The molecule has 0 spiro atoms. The molecule has 2 aliphatic rings. The third-order valence-corrected chi connectivity index (χ3v) is 9.55. The Morgan fingerprint density at radius 1 is 0.741 bits per heavy atom. The van der Waals surface area contributed by atoms with Crippen molar-refractivity contribution in [2.24, 2.45) is 5.92 Å². The molecule has 294 valence electrons. The molecule has 54 heavy (non-hydrogen) atoms. The maximum Gasteiger partial charge on any atom is 0.245 e. The van der Waals surface area contributed by atoms with Crippen molar-refractivity contribution < 1.29 is 33.9 Å². The Kier molecular flexibility index (Phi) is 14.7. The van der Waals surface area contributed by atoms with Crippen molar-refractivity contribution in [2.75, 3.05) is 13.2 Å². The van der Waals surface area contributed by atoms with Gasteiger partial charge in [-0.1, -0.05) is 74.5 Å². The molecule has 2 aromatic rings. The number of nitrogens with zero attached hydrogens (tertiary/aromatic N) is 1. The fraction of sp³-hybridized carbons (Fsp3) is 0.550. The standard InChI is InChI=1S/C40H57N7O7/c1-24(2)20-28-35(50)44-30(22-27-16-11-8-12-17-27)36(51)43-29(21-26-14-9-7-10-15-26)34(49)41-25(3)33(39(54)46-40(4,5)6)47-19-13-18-32(47)38(53)45-31(23-48)37(52)42-28/h7-12,14-17,24-25,28-33,48H,13,18-23H2,1-6H3,(H,41,49)(H,42,52)(H,43,51)(H,44,50)(H,45,53)(H,46,54)/t25-,28+,29-,30-,31-,32-,33-/m0/s1. The zero-order chi connectivity index (χ0) is 39.6. The number of carbonyl (C=O) groups excluding carboxylic acids is 6. The predicted octanol–water partition coefficient (Wildman–Crippen LogP) is 0.715. The van der Waals surface area contributed by atoms with Crippen molar-refractivity contribution in [3.05, 3.63) is 71.8 Å². The van der Waals surface area contributed by atoms with Gasteiger partial charge < -0.3 is 37.0 Å². The first kappa shape index (κ1) is 41.9. The molecule has 14 nitrogen and oxygen atoms in total. The van der Waals surface area contributed by atoms with Crippen LogP contribution in [0.5, 0.6) is 0 Å². The molecule has 4 rings (SSSR count). The molecule has 0 saturated carbocycles. The van der Waals surface area contributed by atoms with Crippen LogP contribution in [0.15, 0.2) is 60.7 Å². The number of fused-ring (bicyclic) bond motifs is 1. The van der Waals surface area contributed by atoms with E-state index in [2.05, 4.69) is 31.9 Å². The van der Waals surface area contributed by atoms with Gasteiger partial charge in [0.15, 0.2) is 0 Å². The number of hydrogen-bond acceptors (Lipinski definition) is 8. The molecular weight excluding hydrogens is 690 g/mol. The largest absolute Gasteiger partial charge is 0.394 e. The van der Waals surface area contributed by atoms with Crippen molar-refractivity contribution in [3.8, 4) is 0 Å². The van der Waals surface area contributed by atoms with Crippen molar-refractivity contribution >= 4 is 35.4 Å². The second-order valence-corrected chi connectivity index (χ2v) is 15.8. The van der Waals surface area contributed by atoms with E-state index in [1.54, 1.807) is 11.8 Å². The third-order valence-electron chi connectivity index (χ3n) is 9.55. The van der Waals surface area contributed by atoms with E-state index in [0.29, 0.717) is 19.4 Å². The summed E-state index contributed by atoms with van der Waals surface area (Å²) in [7, 11) is 0. The van der Waals surface area contributed by atoms with Crippen LogP contribution >= 0.6 is 0 Å². The van der Waals surface area contributed by atoms with Gasteiger partial charge in [0.2, 0.25) is 35.4 Å². The minimum atomic E-state index is -1.40. The van der Waals surface area contributed by atoms with Crippen molar-refractivity contribution in [1.29, 1.82) is 0 Å². The molecule has 7 N–H and O–H groups in total. The van der Waals surface area contributed by atoms with E-state index in [4.69, 9.17) is 0 Å². The molecule has 0 bridgehead atoms. The van der Waals surface area contributed by atoms with E-state index in [-0.39, 0.29) is 25.2 Å². The molecule has 6 amide bonds. The predicted molar refractivity (Wildman–Crippen MR) is 204 cm³/mol. The van der Waals surface area contributed by atoms with E-state index in [9.17, 15) is 33.9 Å². The molecule has 14 heteroatoms. The average molecular weight is 748 g/mol. The van der Waals surface area contributed by atoms with E-state index in [1.165, 1.54) is 0 Å². The topological polar surface area (TPSA) is 198 Å². The van der Waals surface area contributed by atoms with Gasteiger partial charge in [-0.05, 0) is 70.5 Å². The monoisotopic (exact) mass is 747 g/mol. The van der Waals surface area contributed by atoms with Gasteiger partial charge in [-0.2, -0.15) is 0 Å². The second-order valence-electron chi connectivity index (χ2n) is 15.8. The van der Waals surface area contributed by atoms with Crippen LogP contribution in [0.2, 0.25) is 0 Å². The maximum atomic E-state index is 14.3. The molecule has 0 aliphatic carbocycles. The zero-order valence-electron chi connectivity index (χ0n) is 32.2. The first-order valence-electron chi connectivity index (χ1n) is 18.8. The Morgan fingerprint density at radius 3 is 1.70 bits per heavy atom.